The highest BCUT2D eigenvalue weighted by Gasteiger charge is 2.05. The zero-order valence-electron chi connectivity index (χ0n) is 10.8. The van der Waals surface area contributed by atoms with Crippen LogP contribution in [0, 0.1) is 20.8 Å². The monoisotopic (exact) mass is 233 g/mol. The summed E-state index contributed by atoms with van der Waals surface area (Å²) < 4.78 is 4.98. The van der Waals surface area contributed by atoms with Crippen LogP contribution in [0.15, 0.2) is 24.5 Å². The van der Waals surface area contributed by atoms with E-state index in [-0.39, 0.29) is 5.91 Å². The van der Waals surface area contributed by atoms with Gasteiger partial charge in [0.05, 0.1) is 12.9 Å². The highest BCUT2D eigenvalue weighted by molar-refractivity contribution is 6.00. The average Bonchev–Trinajstić information content (AvgIpc) is 2.24. The summed E-state index contributed by atoms with van der Waals surface area (Å²) in [5.74, 6) is -0.173. The lowest BCUT2D eigenvalue weighted by molar-refractivity contribution is -0.112. The first kappa shape index (κ1) is 13.3. The van der Waals surface area contributed by atoms with Crippen LogP contribution < -0.4 is 5.32 Å². The summed E-state index contributed by atoms with van der Waals surface area (Å²) in [7, 11) is 0. The molecule has 0 radical (unpaired) electrons. The average molecular weight is 233 g/mol. The Hall–Kier alpha value is -1.77. The van der Waals surface area contributed by atoms with Crippen LogP contribution in [-0.4, -0.2) is 12.5 Å². The first-order chi connectivity index (χ1) is 8.04. The summed E-state index contributed by atoms with van der Waals surface area (Å²) in [5.41, 5.74) is 4.21. The number of anilines is 1. The van der Waals surface area contributed by atoms with Gasteiger partial charge < -0.3 is 10.1 Å². The van der Waals surface area contributed by atoms with E-state index in [4.69, 9.17) is 4.74 Å². The molecule has 1 aromatic carbocycles. The third kappa shape index (κ3) is 3.94. The topological polar surface area (TPSA) is 38.3 Å². The second-order valence-corrected chi connectivity index (χ2v) is 4.02. The molecule has 0 aliphatic carbocycles. The Morgan fingerprint density at radius 2 is 1.88 bits per heavy atom. The third-order valence-electron chi connectivity index (χ3n) is 2.41. The molecule has 0 heterocycles. The molecule has 0 bridgehead atoms. The van der Waals surface area contributed by atoms with Gasteiger partial charge in [-0.05, 0) is 38.8 Å². The number of rotatable bonds is 4. The van der Waals surface area contributed by atoms with Gasteiger partial charge >= 0.3 is 0 Å². The van der Waals surface area contributed by atoms with Crippen molar-refractivity contribution in [3.63, 3.8) is 0 Å². The highest BCUT2D eigenvalue weighted by Crippen LogP contribution is 2.21. The Bertz CT molecular complexity index is 413. The summed E-state index contributed by atoms with van der Waals surface area (Å²) in [4.78, 5) is 11.6. The molecule has 0 saturated carbocycles. The Morgan fingerprint density at radius 1 is 1.29 bits per heavy atom. The maximum Gasteiger partial charge on any atom is 0.251 e. The fourth-order valence-corrected chi connectivity index (χ4v) is 1.75. The molecule has 0 unspecified atom stereocenters. The fourth-order valence-electron chi connectivity index (χ4n) is 1.75. The summed E-state index contributed by atoms with van der Waals surface area (Å²) >= 11 is 0. The van der Waals surface area contributed by atoms with Crippen molar-refractivity contribution in [3.05, 3.63) is 41.2 Å². The van der Waals surface area contributed by atoms with Crippen LogP contribution in [0.25, 0.3) is 0 Å². The number of hydrogen-bond acceptors (Lipinski definition) is 2. The van der Waals surface area contributed by atoms with Gasteiger partial charge in [0.25, 0.3) is 5.91 Å². The van der Waals surface area contributed by atoms with Gasteiger partial charge in [0.15, 0.2) is 0 Å². The minimum atomic E-state index is -0.173. The SMILES string of the molecule is CCO/C=C/C(=O)Nc1c(C)cc(C)cc1C. The second-order valence-electron chi connectivity index (χ2n) is 4.02. The van der Waals surface area contributed by atoms with Crippen molar-refractivity contribution in [1.82, 2.24) is 0 Å². The molecule has 1 N–H and O–H groups in total. The molecule has 0 saturated heterocycles. The number of carbonyl (C=O) groups is 1. The smallest absolute Gasteiger partial charge is 0.251 e. The lowest BCUT2D eigenvalue weighted by Crippen LogP contribution is -2.10. The zero-order chi connectivity index (χ0) is 12.8. The molecule has 0 aliphatic heterocycles. The van der Waals surface area contributed by atoms with E-state index in [1.807, 2.05) is 27.7 Å². The Kier molecular flexibility index (Phi) is 4.76. The van der Waals surface area contributed by atoms with Crippen molar-refractivity contribution in [3.8, 4) is 0 Å². The van der Waals surface area contributed by atoms with E-state index in [1.54, 1.807) is 0 Å². The molecule has 92 valence electrons. The maximum atomic E-state index is 11.6. The molecule has 0 aliphatic rings. The first-order valence-corrected chi connectivity index (χ1v) is 5.71. The number of carbonyl (C=O) groups excluding carboxylic acids is 1. The molecular formula is C14H19NO2. The summed E-state index contributed by atoms with van der Waals surface area (Å²) in [6, 6.07) is 4.10. The quantitative estimate of drug-likeness (QED) is 0.641. The Labute approximate surface area is 102 Å². The first-order valence-electron chi connectivity index (χ1n) is 5.71. The van der Waals surface area contributed by atoms with Gasteiger partial charge in [-0.3, -0.25) is 4.79 Å². The number of ether oxygens (including phenoxy) is 1. The van der Waals surface area contributed by atoms with Crippen molar-refractivity contribution < 1.29 is 9.53 Å². The number of aryl methyl sites for hydroxylation is 3. The number of nitrogens with one attached hydrogen (secondary N) is 1. The van der Waals surface area contributed by atoms with Gasteiger partial charge in [0.1, 0.15) is 0 Å². The van der Waals surface area contributed by atoms with Crippen molar-refractivity contribution >= 4 is 11.6 Å². The van der Waals surface area contributed by atoms with Crippen LogP contribution in [0.3, 0.4) is 0 Å². The van der Waals surface area contributed by atoms with Crippen molar-refractivity contribution in [2.45, 2.75) is 27.7 Å². The Balaban J connectivity index is 2.78. The maximum absolute atomic E-state index is 11.6. The van der Waals surface area contributed by atoms with Gasteiger partial charge in [0, 0.05) is 11.8 Å². The fraction of sp³-hybridized carbons (Fsp3) is 0.357. The number of hydrogen-bond donors (Lipinski definition) is 1. The predicted molar refractivity (Wildman–Crippen MR) is 70.0 cm³/mol. The van der Waals surface area contributed by atoms with Gasteiger partial charge in [-0.25, -0.2) is 0 Å². The molecular weight excluding hydrogens is 214 g/mol. The number of benzene rings is 1. The lowest BCUT2D eigenvalue weighted by atomic mass is 10.1. The van der Waals surface area contributed by atoms with Crippen LogP contribution in [0.2, 0.25) is 0 Å². The summed E-state index contributed by atoms with van der Waals surface area (Å²) in [6.07, 6.45) is 2.80. The van der Waals surface area contributed by atoms with Gasteiger partial charge in [-0.15, -0.1) is 0 Å². The van der Waals surface area contributed by atoms with E-state index in [2.05, 4.69) is 17.4 Å². The van der Waals surface area contributed by atoms with E-state index in [0.717, 1.165) is 16.8 Å². The molecule has 0 fully saturated rings. The molecule has 1 amide bonds. The van der Waals surface area contributed by atoms with Crippen LogP contribution in [0.5, 0.6) is 0 Å². The van der Waals surface area contributed by atoms with Crippen molar-refractivity contribution in [2.75, 3.05) is 11.9 Å². The molecule has 1 rings (SSSR count). The summed E-state index contributed by atoms with van der Waals surface area (Å²) in [5, 5.41) is 2.86. The largest absolute Gasteiger partial charge is 0.501 e. The van der Waals surface area contributed by atoms with Crippen LogP contribution in [0.4, 0.5) is 5.69 Å². The molecule has 3 heteroatoms. The van der Waals surface area contributed by atoms with E-state index >= 15 is 0 Å². The standard InChI is InChI=1S/C14H19NO2/c1-5-17-7-6-13(16)15-14-11(3)8-10(2)9-12(14)4/h6-9H,5H2,1-4H3,(H,15,16)/b7-6+. The van der Waals surface area contributed by atoms with E-state index in [9.17, 15) is 4.79 Å². The van der Waals surface area contributed by atoms with Crippen molar-refractivity contribution in [2.24, 2.45) is 0 Å². The van der Waals surface area contributed by atoms with Gasteiger partial charge in [-0.1, -0.05) is 17.7 Å². The highest BCUT2D eigenvalue weighted by atomic mass is 16.5. The van der Waals surface area contributed by atoms with Gasteiger partial charge in [-0.2, -0.15) is 0 Å². The van der Waals surface area contributed by atoms with Crippen molar-refractivity contribution in [1.29, 1.82) is 0 Å². The molecule has 17 heavy (non-hydrogen) atoms. The van der Waals surface area contributed by atoms with Crippen LogP contribution >= 0.6 is 0 Å². The lowest BCUT2D eigenvalue weighted by Gasteiger charge is -2.11. The Morgan fingerprint density at radius 3 is 2.41 bits per heavy atom. The van der Waals surface area contributed by atoms with E-state index in [1.165, 1.54) is 17.9 Å². The minimum Gasteiger partial charge on any atom is -0.501 e. The zero-order valence-corrected chi connectivity index (χ0v) is 10.8. The molecule has 0 aromatic heterocycles. The number of amides is 1. The van der Waals surface area contributed by atoms with E-state index < -0.39 is 0 Å². The normalized spacial score (nSPS) is 10.6. The second kappa shape index (κ2) is 6.09. The summed E-state index contributed by atoms with van der Waals surface area (Å²) in [6.45, 7) is 8.45. The third-order valence-corrected chi connectivity index (χ3v) is 2.41. The molecule has 0 spiro atoms. The van der Waals surface area contributed by atoms with Crippen LogP contribution in [-0.2, 0) is 9.53 Å². The van der Waals surface area contributed by atoms with Gasteiger partial charge in [0.2, 0.25) is 0 Å². The molecule has 0 atom stereocenters. The predicted octanol–water partition coefficient (Wildman–Crippen LogP) is 3.10. The van der Waals surface area contributed by atoms with E-state index in [0.29, 0.717) is 6.61 Å². The minimum absolute atomic E-state index is 0.173. The molecule has 1 aromatic rings. The molecule has 3 nitrogen and oxygen atoms in total. The van der Waals surface area contributed by atoms with Crippen LogP contribution in [0.1, 0.15) is 23.6 Å².